The highest BCUT2D eigenvalue weighted by Gasteiger charge is 2.32. The molecule has 0 aliphatic carbocycles. The van der Waals surface area contributed by atoms with Crippen molar-refractivity contribution in [3.05, 3.63) is 70.8 Å². The SMILES string of the molecule is Cc1ccccc1C(CN)(CO)Cc1ccc(F)cc1F. The highest BCUT2D eigenvalue weighted by molar-refractivity contribution is 5.36. The third-order valence-electron chi connectivity index (χ3n) is 3.95. The van der Waals surface area contributed by atoms with Gasteiger partial charge in [0.2, 0.25) is 0 Å². The van der Waals surface area contributed by atoms with Crippen molar-refractivity contribution in [2.24, 2.45) is 5.73 Å². The predicted molar refractivity (Wildman–Crippen MR) is 79.1 cm³/mol. The topological polar surface area (TPSA) is 46.2 Å². The van der Waals surface area contributed by atoms with Gasteiger partial charge in [0, 0.05) is 18.0 Å². The van der Waals surface area contributed by atoms with Gasteiger partial charge in [-0.2, -0.15) is 0 Å². The van der Waals surface area contributed by atoms with Crippen molar-refractivity contribution in [1.82, 2.24) is 0 Å². The lowest BCUT2D eigenvalue weighted by atomic mass is 9.74. The number of aryl methyl sites for hydroxylation is 1. The first-order chi connectivity index (χ1) is 10.0. The summed E-state index contributed by atoms with van der Waals surface area (Å²) in [7, 11) is 0. The lowest BCUT2D eigenvalue weighted by Gasteiger charge is -2.33. The zero-order valence-corrected chi connectivity index (χ0v) is 11.9. The molecule has 0 spiro atoms. The Morgan fingerprint density at radius 1 is 1.14 bits per heavy atom. The van der Waals surface area contributed by atoms with E-state index in [1.54, 1.807) is 0 Å². The molecule has 2 aromatic carbocycles. The highest BCUT2D eigenvalue weighted by atomic mass is 19.1. The smallest absolute Gasteiger partial charge is 0.129 e. The molecule has 0 saturated carbocycles. The molecule has 3 N–H and O–H groups in total. The summed E-state index contributed by atoms with van der Waals surface area (Å²) in [5.41, 5.74) is 7.34. The minimum Gasteiger partial charge on any atom is -0.395 e. The fraction of sp³-hybridized carbons (Fsp3) is 0.294. The fourth-order valence-corrected chi connectivity index (χ4v) is 2.68. The molecule has 0 amide bonds. The predicted octanol–water partition coefficient (Wildman–Crippen LogP) is 2.70. The average molecular weight is 291 g/mol. The van der Waals surface area contributed by atoms with Gasteiger partial charge in [0.1, 0.15) is 11.6 Å². The van der Waals surface area contributed by atoms with Gasteiger partial charge in [-0.15, -0.1) is 0 Å². The first-order valence-electron chi connectivity index (χ1n) is 6.83. The summed E-state index contributed by atoms with van der Waals surface area (Å²) >= 11 is 0. The quantitative estimate of drug-likeness (QED) is 0.889. The van der Waals surface area contributed by atoms with Crippen LogP contribution in [0.3, 0.4) is 0 Å². The first-order valence-corrected chi connectivity index (χ1v) is 6.83. The molecule has 0 radical (unpaired) electrons. The second kappa shape index (κ2) is 6.33. The van der Waals surface area contributed by atoms with Crippen molar-refractivity contribution in [3.8, 4) is 0 Å². The van der Waals surface area contributed by atoms with E-state index < -0.39 is 17.0 Å². The lowest BCUT2D eigenvalue weighted by Crippen LogP contribution is -2.41. The molecule has 21 heavy (non-hydrogen) atoms. The molecule has 2 nitrogen and oxygen atoms in total. The summed E-state index contributed by atoms with van der Waals surface area (Å²) in [6.45, 7) is 1.90. The Morgan fingerprint density at radius 3 is 2.43 bits per heavy atom. The Kier molecular flexibility index (Phi) is 4.70. The van der Waals surface area contributed by atoms with Gasteiger partial charge in [0.05, 0.1) is 6.61 Å². The fourth-order valence-electron chi connectivity index (χ4n) is 2.68. The third kappa shape index (κ3) is 3.12. The first kappa shape index (κ1) is 15.6. The van der Waals surface area contributed by atoms with Crippen molar-refractivity contribution >= 4 is 0 Å². The van der Waals surface area contributed by atoms with Gasteiger partial charge in [-0.05, 0) is 36.1 Å². The number of nitrogens with two attached hydrogens (primary N) is 1. The molecular weight excluding hydrogens is 272 g/mol. The van der Waals surface area contributed by atoms with Gasteiger partial charge in [-0.1, -0.05) is 30.3 Å². The Labute approximate surface area is 123 Å². The number of aliphatic hydroxyl groups excluding tert-OH is 1. The van der Waals surface area contributed by atoms with E-state index >= 15 is 0 Å². The largest absolute Gasteiger partial charge is 0.395 e. The lowest BCUT2D eigenvalue weighted by molar-refractivity contribution is 0.194. The molecule has 0 bridgehead atoms. The van der Waals surface area contributed by atoms with Crippen LogP contribution < -0.4 is 5.73 Å². The van der Waals surface area contributed by atoms with Gasteiger partial charge < -0.3 is 10.8 Å². The van der Waals surface area contributed by atoms with Crippen LogP contribution in [0.1, 0.15) is 16.7 Å². The zero-order valence-electron chi connectivity index (χ0n) is 11.9. The normalized spacial score (nSPS) is 14.0. The van der Waals surface area contributed by atoms with Crippen LogP contribution >= 0.6 is 0 Å². The van der Waals surface area contributed by atoms with Crippen molar-refractivity contribution in [3.63, 3.8) is 0 Å². The standard InChI is InChI=1S/C17H19F2NO/c1-12-4-2-3-5-15(12)17(10-20,11-21)9-13-6-7-14(18)8-16(13)19/h2-8,21H,9-11,20H2,1H3. The van der Waals surface area contributed by atoms with Crippen LogP contribution in [0.25, 0.3) is 0 Å². The maximum Gasteiger partial charge on any atom is 0.129 e. The highest BCUT2D eigenvalue weighted by Crippen LogP contribution is 2.30. The van der Waals surface area contributed by atoms with Crippen LogP contribution in [-0.4, -0.2) is 18.3 Å². The van der Waals surface area contributed by atoms with Crippen molar-refractivity contribution < 1.29 is 13.9 Å². The van der Waals surface area contributed by atoms with Crippen LogP contribution in [0, 0.1) is 18.6 Å². The van der Waals surface area contributed by atoms with Crippen LogP contribution in [0.5, 0.6) is 0 Å². The van der Waals surface area contributed by atoms with E-state index in [1.807, 2.05) is 31.2 Å². The number of halogens is 2. The summed E-state index contributed by atoms with van der Waals surface area (Å²) in [4.78, 5) is 0. The maximum atomic E-state index is 13.9. The molecule has 0 aliphatic heterocycles. The summed E-state index contributed by atoms with van der Waals surface area (Å²) in [6.07, 6.45) is 0.219. The van der Waals surface area contributed by atoms with E-state index in [2.05, 4.69) is 0 Å². The van der Waals surface area contributed by atoms with E-state index in [-0.39, 0.29) is 19.6 Å². The van der Waals surface area contributed by atoms with Crippen molar-refractivity contribution in [2.75, 3.05) is 13.2 Å². The molecule has 0 fully saturated rings. The number of aliphatic hydroxyl groups is 1. The van der Waals surface area contributed by atoms with Crippen LogP contribution in [-0.2, 0) is 11.8 Å². The van der Waals surface area contributed by atoms with Crippen molar-refractivity contribution in [2.45, 2.75) is 18.8 Å². The molecule has 0 heterocycles. The van der Waals surface area contributed by atoms with Crippen molar-refractivity contribution in [1.29, 1.82) is 0 Å². The van der Waals surface area contributed by atoms with E-state index in [0.29, 0.717) is 5.56 Å². The van der Waals surface area contributed by atoms with Gasteiger partial charge in [0.15, 0.2) is 0 Å². The average Bonchev–Trinajstić information content (AvgIpc) is 2.48. The van der Waals surface area contributed by atoms with Crippen LogP contribution in [0.15, 0.2) is 42.5 Å². The minimum atomic E-state index is -0.774. The van der Waals surface area contributed by atoms with Gasteiger partial charge in [-0.25, -0.2) is 8.78 Å². The molecule has 4 heteroatoms. The molecule has 0 saturated heterocycles. The maximum absolute atomic E-state index is 13.9. The van der Waals surface area contributed by atoms with E-state index in [0.717, 1.165) is 17.2 Å². The molecule has 1 unspecified atom stereocenters. The number of hydrogen-bond acceptors (Lipinski definition) is 2. The molecular formula is C17H19F2NO. The molecule has 2 aromatic rings. The monoisotopic (exact) mass is 291 g/mol. The van der Waals surface area contributed by atoms with Gasteiger partial charge in [0.25, 0.3) is 0 Å². The Hall–Kier alpha value is -1.78. The third-order valence-corrected chi connectivity index (χ3v) is 3.95. The summed E-state index contributed by atoms with van der Waals surface area (Å²) < 4.78 is 26.9. The molecule has 2 rings (SSSR count). The number of benzene rings is 2. The van der Waals surface area contributed by atoms with Crippen LogP contribution in [0.2, 0.25) is 0 Å². The minimum absolute atomic E-state index is 0.172. The Morgan fingerprint density at radius 2 is 1.86 bits per heavy atom. The Bertz CT molecular complexity index is 624. The van der Waals surface area contributed by atoms with Gasteiger partial charge >= 0.3 is 0 Å². The summed E-state index contributed by atoms with van der Waals surface area (Å²) in [6, 6.07) is 11.1. The number of hydrogen-bond donors (Lipinski definition) is 2. The Balaban J connectivity index is 2.46. The number of rotatable bonds is 5. The summed E-state index contributed by atoms with van der Waals surface area (Å²) in [5.74, 6) is -1.23. The molecule has 1 atom stereocenters. The zero-order chi connectivity index (χ0) is 15.5. The van der Waals surface area contributed by atoms with Gasteiger partial charge in [-0.3, -0.25) is 0 Å². The van der Waals surface area contributed by atoms with E-state index in [9.17, 15) is 13.9 Å². The van der Waals surface area contributed by atoms with E-state index in [4.69, 9.17) is 5.73 Å². The second-order valence-corrected chi connectivity index (χ2v) is 5.37. The second-order valence-electron chi connectivity index (χ2n) is 5.37. The molecule has 0 aromatic heterocycles. The summed E-state index contributed by atoms with van der Waals surface area (Å²) in [5, 5.41) is 9.88. The molecule has 0 aliphatic rings. The molecule has 112 valence electrons. The van der Waals surface area contributed by atoms with E-state index in [1.165, 1.54) is 12.1 Å². The van der Waals surface area contributed by atoms with Crippen LogP contribution in [0.4, 0.5) is 8.78 Å².